The van der Waals surface area contributed by atoms with E-state index >= 15 is 0 Å². The SMILES string of the molecule is Cc1ccc(NS(=O)(=O)c2c(C)cc(F)c(N)c2C)nc1. The van der Waals surface area contributed by atoms with Gasteiger partial charge in [-0.15, -0.1) is 0 Å². The number of nitrogens with two attached hydrogens (primary N) is 1. The van der Waals surface area contributed by atoms with Crippen molar-refractivity contribution in [3.05, 3.63) is 46.9 Å². The van der Waals surface area contributed by atoms with E-state index in [0.717, 1.165) is 11.6 Å². The normalized spacial score (nSPS) is 11.4. The van der Waals surface area contributed by atoms with E-state index in [0.29, 0.717) is 5.56 Å². The molecule has 0 fully saturated rings. The fourth-order valence-electron chi connectivity index (χ4n) is 2.06. The molecule has 0 amide bonds. The van der Waals surface area contributed by atoms with Gasteiger partial charge in [-0.05, 0) is 49.6 Å². The molecule has 7 heteroatoms. The third-order valence-electron chi connectivity index (χ3n) is 3.12. The van der Waals surface area contributed by atoms with E-state index in [2.05, 4.69) is 9.71 Å². The van der Waals surface area contributed by atoms with Crippen LogP contribution in [0.15, 0.2) is 29.3 Å². The number of hydrogen-bond donors (Lipinski definition) is 2. The maximum Gasteiger partial charge on any atom is 0.263 e. The second kappa shape index (κ2) is 5.33. The molecule has 0 saturated carbocycles. The molecule has 0 atom stereocenters. The highest BCUT2D eigenvalue weighted by Gasteiger charge is 2.23. The second-order valence-electron chi connectivity index (χ2n) is 4.87. The molecule has 2 aromatic rings. The van der Waals surface area contributed by atoms with Crippen molar-refractivity contribution in [2.45, 2.75) is 25.7 Å². The first kappa shape index (κ1) is 15.2. The molecule has 2 rings (SSSR count). The fourth-order valence-corrected chi connectivity index (χ4v) is 3.55. The lowest BCUT2D eigenvalue weighted by atomic mass is 10.1. The zero-order valence-electron chi connectivity index (χ0n) is 11.9. The van der Waals surface area contributed by atoms with Gasteiger partial charge < -0.3 is 5.73 Å². The first-order valence-corrected chi connectivity index (χ1v) is 7.71. The highest BCUT2D eigenvalue weighted by atomic mass is 32.2. The number of sulfonamides is 1. The van der Waals surface area contributed by atoms with Crippen LogP contribution in [0, 0.1) is 26.6 Å². The smallest absolute Gasteiger partial charge is 0.263 e. The van der Waals surface area contributed by atoms with E-state index in [4.69, 9.17) is 5.73 Å². The third-order valence-corrected chi connectivity index (χ3v) is 4.77. The number of nitrogen functional groups attached to an aromatic ring is 1. The molecule has 112 valence electrons. The van der Waals surface area contributed by atoms with E-state index in [1.165, 1.54) is 13.8 Å². The minimum absolute atomic E-state index is 0.0243. The number of aromatic nitrogens is 1. The Balaban J connectivity index is 2.50. The molecular formula is C14H16FN3O2S. The van der Waals surface area contributed by atoms with Crippen LogP contribution in [0.3, 0.4) is 0 Å². The van der Waals surface area contributed by atoms with E-state index in [-0.39, 0.29) is 22.0 Å². The van der Waals surface area contributed by atoms with Gasteiger partial charge in [0.1, 0.15) is 11.6 Å². The largest absolute Gasteiger partial charge is 0.396 e. The van der Waals surface area contributed by atoms with Gasteiger partial charge in [-0.1, -0.05) is 6.07 Å². The van der Waals surface area contributed by atoms with Crippen LogP contribution in [0.2, 0.25) is 0 Å². The maximum absolute atomic E-state index is 13.5. The molecule has 5 nitrogen and oxygen atoms in total. The van der Waals surface area contributed by atoms with Gasteiger partial charge in [-0.2, -0.15) is 0 Å². The lowest BCUT2D eigenvalue weighted by molar-refractivity contribution is 0.598. The molecule has 0 bridgehead atoms. The lowest BCUT2D eigenvalue weighted by Crippen LogP contribution is -2.17. The maximum atomic E-state index is 13.5. The first-order chi connectivity index (χ1) is 9.72. The molecular weight excluding hydrogens is 293 g/mol. The molecule has 3 N–H and O–H groups in total. The molecule has 0 radical (unpaired) electrons. The number of pyridine rings is 1. The van der Waals surface area contributed by atoms with Gasteiger partial charge in [-0.3, -0.25) is 4.72 Å². The number of aryl methyl sites for hydroxylation is 2. The number of hydrogen-bond acceptors (Lipinski definition) is 4. The van der Waals surface area contributed by atoms with Gasteiger partial charge in [0.15, 0.2) is 0 Å². The van der Waals surface area contributed by atoms with Crippen LogP contribution in [0.25, 0.3) is 0 Å². The summed E-state index contributed by atoms with van der Waals surface area (Å²) in [5, 5.41) is 0. The van der Waals surface area contributed by atoms with Crippen LogP contribution in [-0.2, 0) is 10.0 Å². The van der Waals surface area contributed by atoms with Crippen molar-refractivity contribution in [3.63, 3.8) is 0 Å². The van der Waals surface area contributed by atoms with Crippen LogP contribution >= 0.6 is 0 Å². The Hall–Kier alpha value is -2.15. The molecule has 0 aliphatic carbocycles. The lowest BCUT2D eigenvalue weighted by Gasteiger charge is -2.14. The predicted molar refractivity (Wildman–Crippen MR) is 80.1 cm³/mol. The molecule has 1 heterocycles. The summed E-state index contributed by atoms with van der Waals surface area (Å²) in [4.78, 5) is 3.97. The van der Waals surface area contributed by atoms with Crippen molar-refractivity contribution in [1.29, 1.82) is 0 Å². The van der Waals surface area contributed by atoms with Crippen LogP contribution < -0.4 is 10.5 Å². The van der Waals surface area contributed by atoms with E-state index in [1.807, 2.05) is 6.92 Å². The highest BCUT2D eigenvalue weighted by Crippen LogP contribution is 2.28. The summed E-state index contributed by atoms with van der Waals surface area (Å²) in [6.45, 7) is 4.84. The average Bonchev–Trinajstić information content (AvgIpc) is 2.38. The predicted octanol–water partition coefficient (Wildman–Crippen LogP) is 2.53. The van der Waals surface area contributed by atoms with Crippen molar-refractivity contribution in [1.82, 2.24) is 4.98 Å². The van der Waals surface area contributed by atoms with Crippen LogP contribution in [-0.4, -0.2) is 13.4 Å². The summed E-state index contributed by atoms with van der Waals surface area (Å²) in [5.41, 5.74) is 6.80. The number of anilines is 2. The average molecular weight is 309 g/mol. The van der Waals surface area contributed by atoms with Crippen LogP contribution in [0.4, 0.5) is 15.9 Å². The highest BCUT2D eigenvalue weighted by molar-refractivity contribution is 7.92. The Bertz CT molecular complexity index is 787. The summed E-state index contributed by atoms with van der Waals surface area (Å²) < 4.78 is 40.8. The standard InChI is InChI=1S/C14H16FN3O2S/c1-8-4-5-12(17-7-8)18-21(19,20)14-9(2)6-11(15)13(16)10(14)3/h4-7H,16H2,1-3H3,(H,17,18). The third kappa shape index (κ3) is 2.97. The van der Waals surface area contributed by atoms with Crippen molar-refractivity contribution >= 4 is 21.5 Å². The Morgan fingerprint density at radius 1 is 1.24 bits per heavy atom. The molecule has 1 aromatic carbocycles. The van der Waals surface area contributed by atoms with Crippen molar-refractivity contribution < 1.29 is 12.8 Å². The minimum Gasteiger partial charge on any atom is -0.396 e. The molecule has 0 spiro atoms. The summed E-state index contributed by atoms with van der Waals surface area (Å²) in [7, 11) is -3.89. The summed E-state index contributed by atoms with van der Waals surface area (Å²) in [5.74, 6) is -0.431. The summed E-state index contributed by atoms with van der Waals surface area (Å²) in [6, 6.07) is 4.41. The van der Waals surface area contributed by atoms with Gasteiger partial charge in [-0.25, -0.2) is 17.8 Å². The molecule has 1 aromatic heterocycles. The minimum atomic E-state index is -3.89. The van der Waals surface area contributed by atoms with Gasteiger partial charge in [0.2, 0.25) is 0 Å². The van der Waals surface area contributed by atoms with Crippen LogP contribution in [0.1, 0.15) is 16.7 Å². The number of benzene rings is 1. The molecule has 0 aliphatic heterocycles. The molecule has 0 aliphatic rings. The fraction of sp³-hybridized carbons (Fsp3) is 0.214. The Labute approximate surface area is 123 Å². The molecule has 21 heavy (non-hydrogen) atoms. The Morgan fingerprint density at radius 2 is 1.90 bits per heavy atom. The van der Waals surface area contributed by atoms with Gasteiger partial charge in [0.05, 0.1) is 10.6 Å². The van der Waals surface area contributed by atoms with Gasteiger partial charge in [0.25, 0.3) is 10.0 Å². The number of nitrogens with one attached hydrogen (secondary N) is 1. The van der Waals surface area contributed by atoms with Crippen LogP contribution in [0.5, 0.6) is 0 Å². The number of halogens is 1. The zero-order valence-corrected chi connectivity index (χ0v) is 12.8. The van der Waals surface area contributed by atoms with Gasteiger partial charge >= 0.3 is 0 Å². The van der Waals surface area contributed by atoms with Gasteiger partial charge in [0, 0.05) is 6.20 Å². The second-order valence-corrected chi connectivity index (χ2v) is 6.49. The van der Waals surface area contributed by atoms with Crippen molar-refractivity contribution in [3.8, 4) is 0 Å². The zero-order chi connectivity index (χ0) is 15.8. The topological polar surface area (TPSA) is 85.1 Å². The van der Waals surface area contributed by atoms with E-state index in [9.17, 15) is 12.8 Å². The number of rotatable bonds is 3. The quantitative estimate of drug-likeness (QED) is 0.853. The van der Waals surface area contributed by atoms with E-state index in [1.54, 1.807) is 18.3 Å². The Kier molecular flexibility index (Phi) is 3.87. The van der Waals surface area contributed by atoms with E-state index < -0.39 is 15.8 Å². The Morgan fingerprint density at radius 3 is 2.48 bits per heavy atom. The summed E-state index contributed by atoms with van der Waals surface area (Å²) >= 11 is 0. The van der Waals surface area contributed by atoms with Crippen molar-refractivity contribution in [2.24, 2.45) is 0 Å². The molecule has 0 saturated heterocycles. The molecule has 0 unspecified atom stereocenters. The van der Waals surface area contributed by atoms with Crippen molar-refractivity contribution in [2.75, 3.05) is 10.5 Å². The monoisotopic (exact) mass is 309 g/mol. The first-order valence-electron chi connectivity index (χ1n) is 6.23. The summed E-state index contributed by atoms with van der Waals surface area (Å²) in [6.07, 6.45) is 1.55. The number of nitrogens with zero attached hydrogens (tertiary/aromatic N) is 1.